The zero-order valence-corrected chi connectivity index (χ0v) is 20.6. The van der Waals surface area contributed by atoms with Crippen LogP contribution < -0.4 is 14.9 Å². The molecule has 0 fully saturated rings. The number of nitrogens with zero attached hydrogens (tertiary/aromatic N) is 3. The lowest BCUT2D eigenvalue weighted by atomic mass is 10.1. The molecule has 7 nitrogen and oxygen atoms in total. The number of hydrazone groups is 1. The number of rotatable bonds is 10. The second-order valence-corrected chi connectivity index (χ2v) is 8.41. The molecule has 0 aliphatic rings. The van der Waals surface area contributed by atoms with Gasteiger partial charge in [0.2, 0.25) is 0 Å². The molecule has 0 aliphatic heterocycles. The first-order valence-corrected chi connectivity index (χ1v) is 12.2. The lowest BCUT2D eigenvalue weighted by Gasteiger charge is -2.07. The Morgan fingerprint density at radius 2 is 1.42 bits per heavy atom. The zero-order chi connectivity index (χ0) is 26.0. The van der Waals surface area contributed by atoms with Crippen molar-refractivity contribution < 1.29 is 14.3 Å². The molecule has 188 valence electrons. The van der Waals surface area contributed by atoms with Crippen LogP contribution >= 0.6 is 0 Å². The highest BCUT2D eigenvalue weighted by molar-refractivity contribution is 5.89. The predicted molar refractivity (Wildman–Crippen MR) is 147 cm³/mol. The monoisotopic (exact) mass is 502 g/mol. The number of nitrogens with one attached hydrogen (secondary N) is 1. The number of carbonyl (C=O) groups is 1. The van der Waals surface area contributed by atoms with Crippen molar-refractivity contribution in [3.8, 4) is 28.4 Å². The number of hydrogen-bond donors (Lipinski definition) is 1. The molecule has 0 unspecified atom stereocenters. The third-order valence-electron chi connectivity index (χ3n) is 5.65. The molecule has 7 heteroatoms. The summed E-state index contributed by atoms with van der Waals surface area (Å²) >= 11 is 0. The van der Waals surface area contributed by atoms with Gasteiger partial charge in [-0.2, -0.15) is 10.2 Å². The average molecular weight is 503 g/mol. The van der Waals surface area contributed by atoms with E-state index < -0.39 is 0 Å². The summed E-state index contributed by atoms with van der Waals surface area (Å²) in [5.41, 5.74) is 6.90. The van der Waals surface area contributed by atoms with Crippen LogP contribution in [-0.2, 0) is 11.4 Å². The summed E-state index contributed by atoms with van der Waals surface area (Å²) in [6.45, 7) is 0.357. The van der Waals surface area contributed by atoms with Crippen molar-refractivity contribution in [2.75, 3.05) is 6.61 Å². The SMILES string of the molecule is O=C(COc1ccccc1)N/N=C\c1cn(-c2ccccc2)nc1-c1ccc(OCc2ccccc2)cc1. The minimum atomic E-state index is -0.359. The van der Waals surface area contributed by atoms with Crippen LogP contribution in [0.15, 0.2) is 127 Å². The topological polar surface area (TPSA) is 77.7 Å². The van der Waals surface area contributed by atoms with Gasteiger partial charge in [-0.15, -0.1) is 0 Å². The highest BCUT2D eigenvalue weighted by Gasteiger charge is 2.12. The Bertz CT molecular complexity index is 1480. The van der Waals surface area contributed by atoms with Crippen molar-refractivity contribution in [2.45, 2.75) is 6.61 Å². The lowest BCUT2D eigenvalue weighted by molar-refractivity contribution is -0.123. The molecule has 5 rings (SSSR count). The van der Waals surface area contributed by atoms with Crippen molar-refractivity contribution in [1.82, 2.24) is 15.2 Å². The van der Waals surface area contributed by atoms with Crippen molar-refractivity contribution in [3.63, 3.8) is 0 Å². The van der Waals surface area contributed by atoms with Crippen molar-refractivity contribution >= 4 is 12.1 Å². The van der Waals surface area contributed by atoms with E-state index in [1.165, 1.54) is 0 Å². The standard InChI is InChI=1S/C31H26N4O3/c36-30(23-38-28-14-8-3-9-15-28)33-32-20-26-21-35(27-12-6-2-7-13-27)34-31(26)25-16-18-29(19-17-25)37-22-24-10-4-1-5-11-24/h1-21H,22-23H2,(H,33,36)/b32-20-. The number of ether oxygens (including phenoxy) is 2. The fraction of sp³-hybridized carbons (Fsp3) is 0.0645. The molecule has 0 saturated heterocycles. The summed E-state index contributed by atoms with van der Waals surface area (Å²) in [6, 6.07) is 36.8. The van der Waals surface area contributed by atoms with Gasteiger partial charge in [0.25, 0.3) is 5.91 Å². The van der Waals surface area contributed by atoms with E-state index in [0.29, 0.717) is 12.4 Å². The van der Waals surface area contributed by atoms with Crippen LogP contribution in [0.1, 0.15) is 11.1 Å². The molecule has 0 aliphatic carbocycles. The Labute approximate surface area is 221 Å². The van der Waals surface area contributed by atoms with E-state index >= 15 is 0 Å². The fourth-order valence-electron chi connectivity index (χ4n) is 3.74. The van der Waals surface area contributed by atoms with Crippen LogP contribution in [0.3, 0.4) is 0 Å². The van der Waals surface area contributed by atoms with E-state index in [9.17, 15) is 4.79 Å². The zero-order valence-electron chi connectivity index (χ0n) is 20.6. The first-order valence-electron chi connectivity index (χ1n) is 12.2. The molecule has 5 aromatic rings. The third kappa shape index (κ3) is 6.53. The Balaban J connectivity index is 1.30. The summed E-state index contributed by atoms with van der Waals surface area (Å²) in [5, 5.41) is 8.94. The Kier molecular flexibility index (Phi) is 7.86. The quantitative estimate of drug-likeness (QED) is 0.198. The van der Waals surface area contributed by atoms with Gasteiger partial charge in [0.05, 0.1) is 11.9 Å². The van der Waals surface area contributed by atoms with Gasteiger partial charge < -0.3 is 9.47 Å². The maximum atomic E-state index is 12.2. The number of benzene rings is 4. The van der Waals surface area contributed by atoms with Crippen LogP contribution in [0.4, 0.5) is 0 Å². The van der Waals surface area contributed by atoms with Crippen molar-refractivity contribution in [3.05, 3.63) is 133 Å². The Morgan fingerprint density at radius 3 is 2.13 bits per heavy atom. The van der Waals surface area contributed by atoms with Gasteiger partial charge in [-0.25, -0.2) is 10.1 Å². The number of carbonyl (C=O) groups excluding carboxylic acids is 1. The molecule has 38 heavy (non-hydrogen) atoms. The van der Waals surface area contributed by atoms with E-state index in [2.05, 4.69) is 10.5 Å². The number of hydrogen-bond acceptors (Lipinski definition) is 5. The van der Waals surface area contributed by atoms with Crippen LogP contribution in [0, 0.1) is 0 Å². The summed E-state index contributed by atoms with van der Waals surface area (Å²) < 4.78 is 13.2. The highest BCUT2D eigenvalue weighted by atomic mass is 16.5. The van der Waals surface area contributed by atoms with Gasteiger partial charge in [0.15, 0.2) is 6.61 Å². The molecular formula is C31H26N4O3. The third-order valence-corrected chi connectivity index (χ3v) is 5.65. The number of amides is 1. The van der Waals surface area contributed by atoms with Gasteiger partial charge in [0.1, 0.15) is 23.8 Å². The molecule has 1 aromatic heterocycles. The largest absolute Gasteiger partial charge is 0.489 e. The first-order chi connectivity index (χ1) is 18.7. The van der Waals surface area contributed by atoms with E-state index in [1.54, 1.807) is 23.0 Å². The van der Waals surface area contributed by atoms with Crippen LogP contribution in [0.2, 0.25) is 0 Å². The minimum absolute atomic E-state index is 0.137. The summed E-state index contributed by atoms with van der Waals surface area (Å²) in [5.74, 6) is 1.03. The van der Waals surface area contributed by atoms with Crippen molar-refractivity contribution in [1.29, 1.82) is 0 Å². The number of para-hydroxylation sites is 2. The van der Waals surface area contributed by atoms with E-state index in [0.717, 1.165) is 33.8 Å². The van der Waals surface area contributed by atoms with Gasteiger partial charge in [-0.1, -0.05) is 66.7 Å². The van der Waals surface area contributed by atoms with Gasteiger partial charge in [0, 0.05) is 17.3 Å². The van der Waals surface area contributed by atoms with Gasteiger partial charge in [-0.3, -0.25) is 4.79 Å². The van der Waals surface area contributed by atoms with Gasteiger partial charge >= 0.3 is 0 Å². The Morgan fingerprint density at radius 1 is 0.789 bits per heavy atom. The van der Waals surface area contributed by atoms with Gasteiger partial charge in [-0.05, 0) is 54.1 Å². The summed E-state index contributed by atoms with van der Waals surface area (Å²) in [6.07, 6.45) is 3.46. The molecule has 0 saturated carbocycles. The molecule has 0 bridgehead atoms. The van der Waals surface area contributed by atoms with Crippen molar-refractivity contribution in [2.24, 2.45) is 5.10 Å². The van der Waals surface area contributed by atoms with E-state index in [4.69, 9.17) is 14.6 Å². The summed E-state index contributed by atoms with van der Waals surface area (Å²) in [4.78, 5) is 12.2. The molecular weight excluding hydrogens is 476 g/mol. The minimum Gasteiger partial charge on any atom is -0.489 e. The van der Waals surface area contributed by atoms with Crippen LogP contribution in [0.25, 0.3) is 16.9 Å². The maximum absolute atomic E-state index is 12.2. The van der Waals surface area contributed by atoms with E-state index in [1.807, 2.05) is 109 Å². The smallest absolute Gasteiger partial charge is 0.277 e. The molecule has 0 atom stereocenters. The predicted octanol–water partition coefficient (Wildman–Crippen LogP) is 5.65. The average Bonchev–Trinajstić information content (AvgIpc) is 3.41. The van der Waals surface area contributed by atoms with E-state index in [-0.39, 0.29) is 12.5 Å². The summed E-state index contributed by atoms with van der Waals surface area (Å²) in [7, 11) is 0. The number of aromatic nitrogens is 2. The molecule has 1 N–H and O–H groups in total. The highest BCUT2D eigenvalue weighted by Crippen LogP contribution is 2.25. The molecule has 1 heterocycles. The van der Waals surface area contributed by atoms with Crippen LogP contribution in [0.5, 0.6) is 11.5 Å². The molecule has 1 amide bonds. The van der Waals surface area contributed by atoms with Crippen LogP contribution in [-0.4, -0.2) is 28.5 Å². The first kappa shape index (κ1) is 24.5. The molecule has 0 radical (unpaired) electrons. The fourth-order valence-corrected chi connectivity index (χ4v) is 3.74. The molecule has 4 aromatic carbocycles. The Hall–Kier alpha value is -5.17. The maximum Gasteiger partial charge on any atom is 0.277 e. The second kappa shape index (κ2) is 12.2. The second-order valence-electron chi connectivity index (χ2n) is 8.41. The lowest BCUT2D eigenvalue weighted by Crippen LogP contribution is -2.24. The normalized spacial score (nSPS) is 10.8. The molecule has 0 spiro atoms.